The number of anilines is 2. The molecule has 3 rings (SSSR count). The number of nitrogens with one attached hydrogen (secondary N) is 1. The van der Waals surface area contributed by atoms with E-state index in [0.717, 1.165) is 11.1 Å². The second-order valence-corrected chi connectivity index (χ2v) is 6.15. The molecule has 6 heteroatoms. The van der Waals surface area contributed by atoms with Crippen LogP contribution in [0.4, 0.5) is 15.9 Å². The summed E-state index contributed by atoms with van der Waals surface area (Å²) >= 11 is 0. The minimum atomic E-state index is -0.464. The molecule has 1 aromatic heterocycles. The predicted octanol–water partition coefficient (Wildman–Crippen LogP) is 3.91. The summed E-state index contributed by atoms with van der Waals surface area (Å²) in [5, 5.41) is 2.85. The highest BCUT2D eigenvalue weighted by atomic mass is 19.1. The molecule has 0 saturated carbocycles. The molecule has 0 aliphatic rings. The first-order chi connectivity index (χ1) is 12.5. The summed E-state index contributed by atoms with van der Waals surface area (Å²) < 4.78 is 13.4. The summed E-state index contributed by atoms with van der Waals surface area (Å²) in [4.78, 5) is 23.1. The maximum Gasteiger partial charge on any atom is 0.255 e. The molecule has 1 amide bonds. The van der Waals surface area contributed by atoms with E-state index in [1.807, 2.05) is 45.3 Å². The average molecular weight is 350 g/mol. The van der Waals surface area contributed by atoms with Crippen molar-refractivity contribution in [2.45, 2.75) is 6.92 Å². The van der Waals surface area contributed by atoms with Crippen LogP contribution in [0.1, 0.15) is 15.9 Å². The molecule has 0 fully saturated rings. The van der Waals surface area contributed by atoms with Crippen molar-refractivity contribution in [3.63, 3.8) is 0 Å². The number of aromatic nitrogens is 2. The van der Waals surface area contributed by atoms with Crippen molar-refractivity contribution in [2.24, 2.45) is 0 Å². The van der Waals surface area contributed by atoms with Gasteiger partial charge in [0.15, 0.2) is 5.82 Å². The Morgan fingerprint density at radius 1 is 1.08 bits per heavy atom. The normalized spacial score (nSPS) is 10.5. The van der Waals surface area contributed by atoms with Crippen LogP contribution in [-0.4, -0.2) is 30.0 Å². The summed E-state index contributed by atoms with van der Waals surface area (Å²) in [6.07, 6.45) is 1.46. The molecule has 3 aromatic rings. The Bertz CT molecular complexity index is 956. The molecule has 0 radical (unpaired) electrons. The fourth-order valence-electron chi connectivity index (χ4n) is 2.66. The Hall–Kier alpha value is -3.28. The van der Waals surface area contributed by atoms with Gasteiger partial charge in [-0.3, -0.25) is 4.79 Å². The number of amides is 1. The molecule has 0 saturated heterocycles. The van der Waals surface area contributed by atoms with Gasteiger partial charge in [0.25, 0.3) is 5.91 Å². The van der Waals surface area contributed by atoms with Crippen LogP contribution in [0.3, 0.4) is 0 Å². The molecule has 0 bridgehead atoms. The fraction of sp³-hybridized carbons (Fsp3) is 0.150. The van der Waals surface area contributed by atoms with Gasteiger partial charge in [0, 0.05) is 25.2 Å². The molecule has 26 heavy (non-hydrogen) atoms. The highest BCUT2D eigenvalue weighted by Crippen LogP contribution is 2.33. The number of hydrogen-bond donors (Lipinski definition) is 1. The lowest BCUT2D eigenvalue weighted by molar-refractivity contribution is 0.102. The molecular formula is C20H19FN4O. The number of rotatable bonds is 4. The molecule has 0 spiro atoms. The zero-order chi connectivity index (χ0) is 18.7. The summed E-state index contributed by atoms with van der Waals surface area (Å²) in [6.45, 7) is 1.99. The van der Waals surface area contributed by atoms with Crippen LogP contribution >= 0.6 is 0 Å². The molecule has 5 nitrogen and oxygen atoms in total. The van der Waals surface area contributed by atoms with E-state index >= 15 is 0 Å². The van der Waals surface area contributed by atoms with Crippen LogP contribution in [0, 0.1) is 12.7 Å². The zero-order valence-corrected chi connectivity index (χ0v) is 14.8. The first-order valence-electron chi connectivity index (χ1n) is 8.12. The fourth-order valence-corrected chi connectivity index (χ4v) is 2.66. The summed E-state index contributed by atoms with van der Waals surface area (Å²) in [5.41, 5.74) is 3.27. The Morgan fingerprint density at radius 2 is 1.85 bits per heavy atom. The van der Waals surface area contributed by atoms with E-state index in [-0.39, 0.29) is 5.56 Å². The molecule has 0 aliphatic heterocycles. The van der Waals surface area contributed by atoms with E-state index < -0.39 is 11.7 Å². The topological polar surface area (TPSA) is 58.1 Å². The van der Waals surface area contributed by atoms with Crippen LogP contribution in [0.25, 0.3) is 11.3 Å². The van der Waals surface area contributed by atoms with Gasteiger partial charge in [-0.25, -0.2) is 14.4 Å². The van der Waals surface area contributed by atoms with Crippen LogP contribution in [0.2, 0.25) is 0 Å². The molecule has 0 unspecified atom stereocenters. The lowest BCUT2D eigenvalue weighted by atomic mass is 10.1. The van der Waals surface area contributed by atoms with Crippen molar-refractivity contribution in [2.75, 3.05) is 24.3 Å². The number of hydrogen-bond acceptors (Lipinski definition) is 4. The van der Waals surface area contributed by atoms with Gasteiger partial charge in [-0.2, -0.15) is 0 Å². The van der Waals surface area contributed by atoms with Gasteiger partial charge >= 0.3 is 0 Å². The van der Waals surface area contributed by atoms with Crippen molar-refractivity contribution in [1.29, 1.82) is 0 Å². The molecule has 1 N–H and O–H groups in total. The summed E-state index contributed by atoms with van der Waals surface area (Å²) in [6, 6.07) is 13.4. The molecule has 0 atom stereocenters. The summed E-state index contributed by atoms with van der Waals surface area (Å²) in [5.74, 6) is -0.314. The van der Waals surface area contributed by atoms with E-state index in [1.165, 1.54) is 24.5 Å². The number of halogens is 1. The minimum absolute atomic E-state index is 0.230. The molecule has 0 aliphatic carbocycles. The van der Waals surface area contributed by atoms with Gasteiger partial charge < -0.3 is 10.2 Å². The van der Waals surface area contributed by atoms with E-state index in [0.29, 0.717) is 17.2 Å². The zero-order valence-electron chi connectivity index (χ0n) is 14.8. The summed E-state index contributed by atoms with van der Waals surface area (Å²) in [7, 11) is 3.67. The molecular weight excluding hydrogens is 331 g/mol. The maximum atomic E-state index is 13.4. The van der Waals surface area contributed by atoms with Gasteiger partial charge in [-0.05, 0) is 31.2 Å². The monoisotopic (exact) mass is 350 g/mol. The van der Waals surface area contributed by atoms with Crippen molar-refractivity contribution < 1.29 is 9.18 Å². The Labute approximate surface area is 151 Å². The second kappa shape index (κ2) is 7.31. The van der Waals surface area contributed by atoms with E-state index in [9.17, 15) is 9.18 Å². The smallest absolute Gasteiger partial charge is 0.255 e. The first-order valence-corrected chi connectivity index (χ1v) is 8.12. The van der Waals surface area contributed by atoms with Crippen molar-refractivity contribution >= 4 is 17.4 Å². The lowest BCUT2D eigenvalue weighted by Crippen LogP contribution is -2.19. The average Bonchev–Trinajstić information content (AvgIpc) is 2.61. The highest BCUT2D eigenvalue weighted by Gasteiger charge is 2.18. The Morgan fingerprint density at radius 3 is 2.54 bits per heavy atom. The van der Waals surface area contributed by atoms with Crippen molar-refractivity contribution in [1.82, 2.24) is 9.97 Å². The second-order valence-electron chi connectivity index (χ2n) is 6.15. The Balaban J connectivity index is 2.08. The number of carbonyl (C=O) groups is 1. The van der Waals surface area contributed by atoms with Gasteiger partial charge in [0.1, 0.15) is 17.8 Å². The first kappa shape index (κ1) is 17.5. The number of carbonyl (C=O) groups excluding carboxylic acids is 1. The largest absolute Gasteiger partial charge is 0.361 e. The van der Waals surface area contributed by atoms with E-state index in [2.05, 4.69) is 15.3 Å². The number of aryl methyl sites for hydroxylation is 1. The quantitative estimate of drug-likeness (QED) is 0.775. The van der Waals surface area contributed by atoms with E-state index in [4.69, 9.17) is 0 Å². The van der Waals surface area contributed by atoms with Crippen molar-refractivity contribution in [3.05, 3.63) is 71.8 Å². The molecule has 132 valence electrons. The van der Waals surface area contributed by atoms with Crippen molar-refractivity contribution in [3.8, 4) is 11.3 Å². The maximum absolute atomic E-state index is 13.4. The number of nitrogens with zero attached hydrogens (tertiary/aromatic N) is 3. The van der Waals surface area contributed by atoms with Gasteiger partial charge in [-0.15, -0.1) is 0 Å². The standard InChI is InChI=1S/C20H19FN4O/c1-13-6-4-7-14(10-13)17-18(19(25(2)3)23-12-22-17)24-20(26)15-8-5-9-16(21)11-15/h4-12H,1-3H3,(H,24,26). The minimum Gasteiger partial charge on any atom is -0.361 e. The third-order valence-electron chi connectivity index (χ3n) is 3.87. The van der Waals surface area contributed by atoms with Gasteiger partial charge in [-0.1, -0.05) is 29.8 Å². The number of benzene rings is 2. The third-order valence-corrected chi connectivity index (χ3v) is 3.87. The lowest BCUT2D eigenvalue weighted by Gasteiger charge is -2.19. The molecule has 2 aromatic carbocycles. The van der Waals surface area contributed by atoms with Crippen LogP contribution in [0.15, 0.2) is 54.9 Å². The third kappa shape index (κ3) is 3.69. The highest BCUT2D eigenvalue weighted by molar-refractivity contribution is 6.07. The van der Waals surface area contributed by atoms with Crippen LogP contribution < -0.4 is 10.2 Å². The van der Waals surface area contributed by atoms with Crippen LogP contribution in [-0.2, 0) is 0 Å². The van der Waals surface area contributed by atoms with Crippen LogP contribution in [0.5, 0.6) is 0 Å². The predicted molar refractivity (Wildman–Crippen MR) is 101 cm³/mol. The van der Waals surface area contributed by atoms with E-state index in [1.54, 1.807) is 11.0 Å². The van der Waals surface area contributed by atoms with Gasteiger partial charge in [0.2, 0.25) is 0 Å². The SMILES string of the molecule is Cc1cccc(-c2ncnc(N(C)C)c2NC(=O)c2cccc(F)c2)c1. The molecule has 1 heterocycles. The Kier molecular flexibility index (Phi) is 4.93. The van der Waals surface area contributed by atoms with Gasteiger partial charge in [0.05, 0.1) is 5.69 Å².